The molecule has 0 saturated heterocycles. The number of hydrogen-bond acceptors (Lipinski definition) is 3. The van der Waals surface area contributed by atoms with Crippen LogP contribution < -0.4 is 5.73 Å². The highest BCUT2D eigenvalue weighted by Gasteiger charge is 2.24. The quantitative estimate of drug-likeness (QED) is 0.696. The molecular weight excluding hydrogens is 206 g/mol. The van der Waals surface area contributed by atoms with Crippen molar-refractivity contribution in [1.29, 1.82) is 0 Å². The fourth-order valence-electron chi connectivity index (χ4n) is 1.04. The summed E-state index contributed by atoms with van der Waals surface area (Å²) in [6.45, 7) is 0. The van der Waals surface area contributed by atoms with Crippen LogP contribution in [0.2, 0.25) is 5.02 Å². The second-order valence-corrected chi connectivity index (χ2v) is 3.24. The Labute approximate surface area is 85.9 Å². The summed E-state index contributed by atoms with van der Waals surface area (Å²) in [7, 11) is 0. The molecule has 0 bridgehead atoms. The standard InChI is InChI=1S/C9H10ClNO3/c10-6-4-2-1-3-5(6)8(12)7(11)9(13)14/h1-4,7-8,12H,11H2,(H,13,14)/t7-,8-/m0/s1. The second kappa shape index (κ2) is 4.41. The van der Waals surface area contributed by atoms with Crippen LogP contribution in [0.25, 0.3) is 0 Å². The van der Waals surface area contributed by atoms with E-state index in [0.29, 0.717) is 10.6 Å². The first kappa shape index (κ1) is 11.0. The third-order valence-electron chi connectivity index (χ3n) is 1.85. The number of carboxylic acids is 1. The van der Waals surface area contributed by atoms with Gasteiger partial charge in [0.05, 0.1) is 0 Å². The summed E-state index contributed by atoms with van der Waals surface area (Å²) in [5, 5.41) is 18.4. The second-order valence-electron chi connectivity index (χ2n) is 2.83. The minimum absolute atomic E-state index is 0.303. The molecule has 0 aliphatic carbocycles. The lowest BCUT2D eigenvalue weighted by atomic mass is 10.0. The molecular formula is C9H10ClNO3. The number of carbonyl (C=O) groups is 1. The van der Waals surface area contributed by atoms with Gasteiger partial charge in [0.1, 0.15) is 12.1 Å². The van der Waals surface area contributed by atoms with Crippen LogP contribution in [0.5, 0.6) is 0 Å². The van der Waals surface area contributed by atoms with Gasteiger partial charge in [0, 0.05) is 10.6 Å². The van der Waals surface area contributed by atoms with Crippen LogP contribution in [0.1, 0.15) is 11.7 Å². The highest BCUT2D eigenvalue weighted by molar-refractivity contribution is 6.31. The Morgan fingerprint density at radius 1 is 1.43 bits per heavy atom. The van der Waals surface area contributed by atoms with E-state index in [4.69, 9.17) is 22.4 Å². The summed E-state index contributed by atoms with van der Waals surface area (Å²) >= 11 is 5.76. The number of halogens is 1. The maximum Gasteiger partial charge on any atom is 0.323 e. The Bertz CT molecular complexity index is 343. The molecule has 0 unspecified atom stereocenters. The molecule has 14 heavy (non-hydrogen) atoms. The van der Waals surface area contributed by atoms with Crippen LogP contribution >= 0.6 is 11.6 Å². The monoisotopic (exact) mass is 215 g/mol. The molecule has 0 aromatic heterocycles. The highest BCUT2D eigenvalue weighted by atomic mass is 35.5. The molecule has 1 rings (SSSR count). The van der Waals surface area contributed by atoms with Crippen LogP contribution in [0.3, 0.4) is 0 Å². The van der Waals surface area contributed by atoms with E-state index in [2.05, 4.69) is 0 Å². The third-order valence-corrected chi connectivity index (χ3v) is 2.19. The Hall–Kier alpha value is -1.10. The molecule has 5 heteroatoms. The fourth-order valence-corrected chi connectivity index (χ4v) is 1.29. The molecule has 0 aliphatic rings. The third kappa shape index (κ3) is 2.23. The zero-order valence-corrected chi connectivity index (χ0v) is 7.98. The fraction of sp³-hybridized carbons (Fsp3) is 0.222. The Kier molecular flexibility index (Phi) is 3.46. The van der Waals surface area contributed by atoms with Gasteiger partial charge in [0.15, 0.2) is 0 Å². The summed E-state index contributed by atoms with van der Waals surface area (Å²) in [6, 6.07) is 5.07. The van der Waals surface area contributed by atoms with E-state index < -0.39 is 18.1 Å². The molecule has 0 spiro atoms. The van der Waals surface area contributed by atoms with Crippen LogP contribution in [-0.2, 0) is 4.79 Å². The van der Waals surface area contributed by atoms with Crippen LogP contribution in [0, 0.1) is 0 Å². The van der Waals surface area contributed by atoms with E-state index in [0.717, 1.165) is 0 Å². The summed E-state index contributed by atoms with van der Waals surface area (Å²) in [6.07, 6.45) is -1.29. The van der Waals surface area contributed by atoms with E-state index >= 15 is 0 Å². The molecule has 1 aromatic carbocycles. The predicted octanol–water partition coefficient (Wildman–Crippen LogP) is 0.785. The van der Waals surface area contributed by atoms with E-state index in [1.165, 1.54) is 6.07 Å². The molecule has 0 heterocycles. The van der Waals surface area contributed by atoms with Crippen LogP contribution in [-0.4, -0.2) is 22.2 Å². The van der Waals surface area contributed by atoms with E-state index in [1.807, 2.05) is 0 Å². The number of aliphatic carboxylic acids is 1. The van der Waals surface area contributed by atoms with Crippen molar-refractivity contribution in [3.05, 3.63) is 34.9 Å². The Morgan fingerprint density at radius 2 is 2.00 bits per heavy atom. The maximum atomic E-state index is 10.5. The van der Waals surface area contributed by atoms with Gasteiger partial charge in [0.2, 0.25) is 0 Å². The van der Waals surface area contributed by atoms with Crippen molar-refractivity contribution in [2.45, 2.75) is 12.1 Å². The lowest BCUT2D eigenvalue weighted by molar-refractivity contribution is -0.141. The molecule has 0 aliphatic heterocycles. The summed E-state index contributed by atoms with van der Waals surface area (Å²) < 4.78 is 0. The van der Waals surface area contributed by atoms with Crippen molar-refractivity contribution in [1.82, 2.24) is 0 Å². The summed E-state index contributed by atoms with van der Waals surface area (Å²) in [5.41, 5.74) is 5.58. The maximum absolute atomic E-state index is 10.5. The van der Waals surface area contributed by atoms with Gasteiger partial charge in [-0.25, -0.2) is 0 Å². The van der Waals surface area contributed by atoms with Crippen molar-refractivity contribution in [2.75, 3.05) is 0 Å². The number of aliphatic hydroxyl groups excluding tert-OH is 1. The lowest BCUT2D eigenvalue weighted by Crippen LogP contribution is -2.36. The minimum Gasteiger partial charge on any atom is -0.480 e. The molecule has 0 amide bonds. The number of nitrogens with two attached hydrogens (primary N) is 1. The molecule has 4 nitrogen and oxygen atoms in total. The Morgan fingerprint density at radius 3 is 2.50 bits per heavy atom. The smallest absolute Gasteiger partial charge is 0.323 e. The first-order valence-corrected chi connectivity index (χ1v) is 4.32. The van der Waals surface area contributed by atoms with Crippen molar-refractivity contribution in [2.24, 2.45) is 5.73 Å². The SMILES string of the molecule is N[C@H](C(=O)O)[C@@H](O)c1ccccc1Cl. The van der Waals surface area contributed by atoms with Crippen molar-refractivity contribution in [3.8, 4) is 0 Å². The van der Waals surface area contributed by atoms with Gasteiger partial charge < -0.3 is 15.9 Å². The zero-order chi connectivity index (χ0) is 10.7. The molecule has 76 valence electrons. The van der Waals surface area contributed by atoms with Gasteiger partial charge in [-0.3, -0.25) is 4.79 Å². The van der Waals surface area contributed by atoms with Crippen molar-refractivity contribution >= 4 is 17.6 Å². The average molecular weight is 216 g/mol. The number of hydrogen-bond donors (Lipinski definition) is 3. The zero-order valence-electron chi connectivity index (χ0n) is 7.22. The number of aliphatic hydroxyl groups is 1. The minimum atomic E-state index is -1.37. The van der Waals surface area contributed by atoms with Crippen molar-refractivity contribution < 1.29 is 15.0 Å². The van der Waals surface area contributed by atoms with Gasteiger partial charge in [0.25, 0.3) is 0 Å². The van der Waals surface area contributed by atoms with Gasteiger partial charge in [-0.1, -0.05) is 29.8 Å². The van der Waals surface area contributed by atoms with Crippen LogP contribution in [0.4, 0.5) is 0 Å². The summed E-state index contributed by atoms with van der Waals surface area (Å²) in [4.78, 5) is 10.5. The number of carboxylic acid groups (broad SMARTS) is 1. The predicted molar refractivity (Wildman–Crippen MR) is 52.0 cm³/mol. The molecule has 1 aromatic rings. The average Bonchev–Trinajstić information content (AvgIpc) is 2.16. The molecule has 4 N–H and O–H groups in total. The Balaban J connectivity index is 2.94. The molecule has 0 fully saturated rings. The molecule has 0 radical (unpaired) electrons. The number of rotatable bonds is 3. The van der Waals surface area contributed by atoms with Gasteiger partial charge >= 0.3 is 5.97 Å². The van der Waals surface area contributed by atoms with E-state index in [9.17, 15) is 9.90 Å². The van der Waals surface area contributed by atoms with E-state index in [1.54, 1.807) is 18.2 Å². The lowest BCUT2D eigenvalue weighted by Gasteiger charge is -2.16. The summed E-state index contributed by atoms with van der Waals surface area (Å²) in [5.74, 6) is -1.27. The first-order chi connectivity index (χ1) is 6.54. The first-order valence-electron chi connectivity index (χ1n) is 3.95. The normalized spacial score (nSPS) is 14.8. The largest absolute Gasteiger partial charge is 0.480 e. The molecule has 2 atom stereocenters. The van der Waals surface area contributed by atoms with E-state index in [-0.39, 0.29) is 0 Å². The topological polar surface area (TPSA) is 83.6 Å². The van der Waals surface area contributed by atoms with Crippen LogP contribution in [0.15, 0.2) is 24.3 Å². The van der Waals surface area contributed by atoms with Gasteiger partial charge in [-0.15, -0.1) is 0 Å². The van der Waals surface area contributed by atoms with Gasteiger partial charge in [-0.05, 0) is 6.07 Å². The van der Waals surface area contributed by atoms with Crippen molar-refractivity contribution in [3.63, 3.8) is 0 Å². The molecule has 0 saturated carbocycles. The number of benzene rings is 1. The highest BCUT2D eigenvalue weighted by Crippen LogP contribution is 2.24. The van der Waals surface area contributed by atoms with Gasteiger partial charge in [-0.2, -0.15) is 0 Å².